The smallest absolute Gasteiger partial charge is 0.224 e. The molecule has 0 atom stereocenters. The van der Waals surface area contributed by atoms with Gasteiger partial charge in [0.05, 0.1) is 12.7 Å². The van der Waals surface area contributed by atoms with E-state index in [2.05, 4.69) is 28.6 Å². The molecule has 0 N–H and O–H groups in total. The standard InChI is InChI=1S/C19H28N6O/c1-3-8-25-17(2)18(15-21-25)16-22-9-5-10-23(14-13-22)19(26)6-12-24-11-4-7-20-24/h3-4,7,11,15H,1,5-6,8-10,12-14,16H2,2H3. The van der Waals surface area contributed by atoms with Gasteiger partial charge in [0.25, 0.3) is 0 Å². The molecule has 0 saturated carbocycles. The quantitative estimate of drug-likeness (QED) is 0.709. The topological polar surface area (TPSA) is 59.2 Å². The molecule has 3 heterocycles. The van der Waals surface area contributed by atoms with Gasteiger partial charge in [-0.15, -0.1) is 6.58 Å². The van der Waals surface area contributed by atoms with Crippen LogP contribution in [-0.2, 0) is 24.4 Å². The van der Waals surface area contributed by atoms with E-state index in [0.29, 0.717) is 13.0 Å². The van der Waals surface area contributed by atoms with Gasteiger partial charge in [0, 0.05) is 69.3 Å². The van der Waals surface area contributed by atoms with Crippen molar-refractivity contribution in [3.05, 3.63) is 48.6 Å². The van der Waals surface area contributed by atoms with E-state index >= 15 is 0 Å². The number of allylic oxidation sites excluding steroid dienone is 1. The van der Waals surface area contributed by atoms with Gasteiger partial charge in [-0.3, -0.25) is 19.1 Å². The fraction of sp³-hybridized carbons (Fsp3) is 0.526. The zero-order valence-corrected chi connectivity index (χ0v) is 15.5. The van der Waals surface area contributed by atoms with E-state index in [0.717, 1.165) is 45.7 Å². The molecule has 1 amide bonds. The number of rotatable bonds is 7. The monoisotopic (exact) mass is 356 g/mol. The van der Waals surface area contributed by atoms with Crippen LogP contribution in [0.25, 0.3) is 0 Å². The van der Waals surface area contributed by atoms with E-state index in [1.807, 2.05) is 38.8 Å². The van der Waals surface area contributed by atoms with Crippen LogP contribution in [0.15, 0.2) is 37.3 Å². The van der Waals surface area contributed by atoms with Crippen LogP contribution < -0.4 is 0 Å². The van der Waals surface area contributed by atoms with Crippen LogP contribution in [0.3, 0.4) is 0 Å². The fourth-order valence-electron chi connectivity index (χ4n) is 3.37. The summed E-state index contributed by atoms with van der Waals surface area (Å²) < 4.78 is 3.79. The Morgan fingerprint density at radius 2 is 2.15 bits per heavy atom. The van der Waals surface area contributed by atoms with Crippen molar-refractivity contribution in [2.75, 3.05) is 26.2 Å². The minimum atomic E-state index is 0.220. The molecule has 26 heavy (non-hydrogen) atoms. The molecule has 0 aromatic carbocycles. The van der Waals surface area contributed by atoms with Crippen LogP contribution in [0.2, 0.25) is 0 Å². The summed E-state index contributed by atoms with van der Waals surface area (Å²) in [6.45, 7) is 11.7. The van der Waals surface area contributed by atoms with Crippen LogP contribution in [0, 0.1) is 6.92 Å². The number of aromatic nitrogens is 4. The van der Waals surface area contributed by atoms with Gasteiger partial charge in [0.15, 0.2) is 0 Å². The number of aryl methyl sites for hydroxylation is 1. The highest BCUT2D eigenvalue weighted by atomic mass is 16.2. The molecule has 1 aliphatic heterocycles. The van der Waals surface area contributed by atoms with Gasteiger partial charge in [-0.2, -0.15) is 10.2 Å². The van der Waals surface area contributed by atoms with Crippen LogP contribution in [0.1, 0.15) is 24.1 Å². The second-order valence-corrected chi connectivity index (χ2v) is 6.76. The molecule has 2 aromatic rings. The lowest BCUT2D eigenvalue weighted by atomic mass is 10.2. The largest absolute Gasteiger partial charge is 0.341 e. The third kappa shape index (κ3) is 4.60. The summed E-state index contributed by atoms with van der Waals surface area (Å²) in [7, 11) is 0. The summed E-state index contributed by atoms with van der Waals surface area (Å²) in [5.74, 6) is 0.220. The molecule has 7 nitrogen and oxygen atoms in total. The molecule has 0 radical (unpaired) electrons. The fourth-order valence-corrected chi connectivity index (χ4v) is 3.37. The average molecular weight is 356 g/mol. The summed E-state index contributed by atoms with van der Waals surface area (Å²) >= 11 is 0. The van der Waals surface area contributed by atoms with Gasteiger partial charge in [-0.25, -0.2) is 0 Å². The summed E-state index contributed by atoms with van der Waals surface area (Å²) in [4.78, 5) is 16.9. The predicted molar refractivity (Wildman–Crippen MR) is 100 cm³/mol. The highest BCUT2D eigenvalue weighted by Crippen LogP contribution is 2.13. The summed E-state index contributed by atoms with van der Waals surface area (Å²) in [6.07, 6.45) is 8.97. The lowest BCUT2D eigenvalue weighted by Crippen LogP contribution is -2.35. The first-order chi connectivity index (χ1) is 12.7. The Labute approximate surface area is 154 Å². The normalized spacial score (nSPS) is 15.8. The van der Waals surface area contributed by atoms with Gasteiger partial charge >= 0.3 is 0 Å². The third-order valence-corrected chi connectivity index (χ3v) is 4.96. The maximum Gasteiger partial charge on any atom is 0.224 e. The zero-order chi connectivity index (χ0) is 18.4. The molecule has 0 bridgehead atoms. The van der Waals surface area contributed by atoms with E-state index in [4.69, 9.17) is 0 Å². The lowest BCUT2D eigenvalue weighted by Gasteiger charge is -2.22. The van der Waals surface area contributed by atoms with Crippen LogP contribution >= 0.6 is 0 Å². The second kappa shape index (κ2) is 8.80. The first kappa shape index (κ1) is 18.4. The Morgan fingerprint density at radius 3 is 2.92 bits per heavy atom. The summed E-state index contributed by atoms with van der Waals surface area (Å²) in [6, 6.07) is 1.88. The van der Waals surface area contributed by atoms with Crippen molar-refractivity contribution >= 4 is 5.91 Å². The summed E-state index contributed by atoms with van der Waals surface area (Å²) in [5.41, 5.74) is 2.45. The Morgan fingerprint density at radius 1 is 1.27 bits per heavy atom. The van der Waals surface area contributed by atoms with E-state index in [1.54, 1.807) is 6.20 Å². The van der Waals surface area contributed by atoms with Crippen molar-refractivity contribution in [3.63, 3.8) is 0 Å². The van der Waals surface area contributed by atoms with Crippen molar-refractivity contribution in [2.45, 2.75) is 39.4 Å². The van der Waals surface area contributed by atoms with E-state index < -0.39 is 0 Å². The maximum absolute atomic E-state index is 12.5. The van der Waals surface area contributed by atoms with Gasteiger partial charge in [0.1, 0.15) is 0 Å². The Bertz CT molecular complexity index is 720. The van der Waals surface area contributed by atoms with E-state index in [-0.39, 0.29) is 5.91 Å². The minimum absolute atomic E-state index is 0.220. The molecule has 1 aliphatic rings. The maximum atomic E-state index is 12.5. The molecule has 1 saturated heterocycles. The molecular formula is C19H28N6O. The van der Waals surface area contributed by atoms with E-state index in [9.17, 15) is 4.79 Å². The number of hydrogen-bond acceptors (Lipinski definition) is 4. The predicted octanol–water partition coefficient (Wildman–Crippen LogP) is 1.70. The Balaban J connectivity index is 1.50. The highest BCUT2D eigenvalue weighted by molar-refractivity contribution is 5.76. The van der Waals surface area contributed by atoms with Crippen LogP contribution in [0.4, 0.5) is 0 Å². The van der Waals surface area contributed by atoms with Crippen molar-refractivity contribution in [2.24, 2.45) is 0 Å². The third-order valence-electron chi connectivity index (χ3n) is 4.96. The average Bonchev–Trinajstić information content (AvgIpc) is 3.20. The van der Waals surface area contributed by atoms with Crippen LogP contribution in [-0.4, -0.2) is 61.4 Å². The molecule has 0 aliphatic carbocycles. The number of hydrogen-bond donors (Lipinski definition) is 0. The molecule has 1 fully saturated rings. The minimum Gasteiger partial charge on any atom is -0.341 e. The zero-order valence-electron chi connectivity index (χ0n) is 15.5. The van der Waals surface area contributed by atoms with Crippen molar-refractivity contribution in [3.8, 4) is 0 Å². The lowest BCUT2D eigenvalue weighted by molar-refractivity contribution is -0.131. The van der Waals surface area contributed by atoms with Crippen LogP contribution in [0.5, 0.6) is 0 Å². The second-order valence-electron chi connectivity index (χ2n) is 6.76. The molecule has 140 valence electrons. The summed E-state index contributed by atoms with van der Waals surface area (Å²) in [5, 5.41) is 8.59. The van der Waals surface area contributed by atoms with Gasteiger partial charge in [-0.05, 0) is 19.4 Å². The first-order valence-corrected chi connectivity index (χ1v) is 9.27. The number of carbonyl (C=O) groups is 1. The molecule has 0 spiro atoms. The molecule has 2 aromatic heterocycles. The Hall–Kier alpha value is -2.41. The van der Waals surface area contributed by atoms with Crippen molar-refractivity contribution in [1.82, 2.24) is 29.4 Å². The van der Waals surface area contributed by atoms with E-state index in [1.165, 1.54) is 11.3 Å². The van der Waals surface area contributed by atoms with Crippen molar-refractivity contribution < 1.29 is 4.79 Å². The molecule has 7 heteroatoms. The first-order valence-electron chi connectivity index (χ1n) is 9.27. The molecule has 3 rings (SSSR count). The number of nitrogens with zero attached hydrogens (tertiary/aromatic N) is 6. The molecule has 0 unspecified atom stereocenters. The van der Waals surface area contributed by atoms with Gasteiger partial charge in [-0.1, -0.05) is 6.08 Å². The highest BCUT2D eigenvalue weighted by Gasteiger charge is 2.20. The SMILES string of the molecule is C=CCn1ncc(CN2CCCN(C(=O)CCn3cccn3)CC2)c1C. The van der Waals surface area contributed by atoms with Crippen molar-refractivity contribution in [1.29, 1.82) is 0 Å². The number of amides is 1. The Kier molecular flexibility index (Phi) is 6.22. The molecular weight excluding hydrogens is 328 g/mol. The number of carbonyl (C=O) groups excluding carboxylic acids is 1. The van der Waals surface area contributed by atoms with Gasteiger partial charge < -0.3 is 4.90 Å². The van der Waals surface area contributed by atoms with Gasteiger partial charge in [0.2, 0.25) is 5.91 Å².